The van der Waals surface area contributed by atoms with Crippen molar-refractivity contribution in [1.29, 1.82) is 0 Å². The molecule has 1 rings (SSSR count). The van der Waals surface area contributed by atoms with Crippen molar-refractivity contribution < 1.29 is 9.90 Å². The summed E-state index contributed by atoms with van der Waals surface area (Å²) in [6, 6.07) is 7.20. The average molecular weight is 271 g/mol. The smallest absolute Gasteiger partial charge is 0.315 e. The molecular weight excluding hydrogens is 252 g/mol. The SMILES string of the molecule is O=C(NCCCCCO)NCc1cccc(Cl)c1. The quantitative estimate of drug-likeness (QED) is 0.666. The Morgan fingerprint density at radius 1 is 1.22 bits per heavy atom. The van der Waals surface area contributed by atoms with Crippen LogP contribution >= 0.6 is 11.6 Å². The molecular formula is C13H19ClN2O2. The van der Waals surface area contributed by atoms with Crippen molar-refractivity contribution in [2.24, 2.45) is 0 Å². The van der Waals surface area contributed by atoms with Gasteiger partial charge in [-0.25, -0.2) is 4.79 Å². The first-order chi connectivity index (χ1) is 8.72. The van der Waals surface area contributed by atoms with Crippen LogP contribution in [-0.2, 0) is 6.54 Å². The Labute approximate surface area is 112 Å². The molecule has 0 fully saturated rings. The summed E-state index contributed by atoms with van der Waals surface area (Å²) in [5.74, 6) is 0. The van der Waals surface area contributed by atoms with Gasteiger partial charge in [0.1, 0.15) is 0 Å². The Bertz CT molecular complexity index is 372. The Balaban J connectivity index is 2.13. The highest BCUT2D eigenvalue weighted by atomic mass is 35.5. The van der Waals surface area contributed by atoms with E-state index in [1.54, 1.807) is 6.07 Å². The molecule has 0 aliphatic carbocycles. The van der Waals surface area contributed by atoms with Crippen molar-refractivity contribution in [3.05, 3.63) is 34.9 Å². The first-order valence-corrected chi connectivity index (χ1v) is 6.47. The van der Waals surface area contributed by atoms with Crippen LogP contribution < -0.4 is 10.6 Å². The first-order valence-electron chi connectivity index (χ1n) is 6.09. The summed E-state index contributed by atoms with van der Waals surface area (Å²) in [4.78, 5) is 11.4. The van der Waals surface area contributed by atoms with Gasteiger partial charge in [0.05, 0.1) is 0 Å². The van der Waals surface area contributed by atoms with Gasteiger partial charge in [0.15, 0.2) is 0 Å². The van der Waals surface area contributed by atoms with Crippen molar-refractivity contribution in [2.45, 2.75) is 25.8 Å². The van der Waals surface area contributed by atoms with Gasteiger partial charge in [0.2, 0.25) is 0 Å². The first kappa shape index (κ1) is 14.8. The third kappa shape index (κ3) is 6.47. The predicted molar refractivity (Wildman–Crippen MR) is 72.6 cm³/mol. The van der Waals surface area contributed by atoms with E-state index < -0.39 is 0 Å². The summed E-state index contributed by atoms with van der Waals surface area (Å²) in [5.41, 5.74) is 0.970. The molecule has 0 aromatic heterocycles. The number of hydrogen-bond donors (Lipinski definition) is 3. The van der Waals surface area contributed by atoms with Crippen LogP contribution in [0.1, 0.15) is 24.8 Å². The summed E-state index contributed by atoms with van der Waals surface area (Å²) in [6.07, 6.45) is 2.59. The number of carbonyl (C=O) groups excluding carboxylic acids is 1. The fourth-order valence-corrected chi connectivity index (χ4v) is 1.72. The van der Waals surface area contributed by atoms with E-state index in [9.17, 15) is 4.79 Å². The molecule has 1 aromatic carbocycles. The van der Waals surface area contributed by atoms with Crippen LogP contribution in [0.2, 0.25) is 5.02 Å². The van der Waals surface area contributed by atoms with Crippen LogP contribution in [0.25, 0.3) is 0 Å². The lowest BCUT2D eigenvalue weighted by Gasteiger charge is -2.07. The fourth-order valence-electron chi connectivity index (χ4n) is 1.51. The van der Waals surface area contributed by atoms with Crippen LogP contribution in [-0.4, -0.2) is 24.3 Å². The van der Waals surface area contributed by atoms with E-state index in [1.807, 2.05) is 18.2 Å². The molecule has 0 spiro atoms. The van der Waals surface area contributed by atoms with Crippen molar-refractivity contribution in [1.82, 2.24) is 10.6 Å². The number of rotatable bonds is 7. The number of carbonyl (C=O) groups is 1. The number of aliphatic hydroxyl groups is 1. The van der Waals surface area contributed by atoms with Crippen LogP contribution in [0.5, 0.6) is 0 Å². The van der Waals surface area contributed by atoms with Gasteiger partial charge in [0, 0.05) is 24.7 Å². The molecule has 5 heteroatoms. The van der Waals surface area contributed by atoms with Crippen LogP contribution in [0, 0.1) is 0 Å². The lowest BCUT2D eigenvalue weighted by molar-refractivity contribution is 0.240. The van der Waals surface area contributed by atoms with Crippen LogP contribution in [0.3, 0.4) is 0 Å². The maximum absolute atomic E-state index is 11.4. The molecule has 0 aliphatic rings. The molecule has 0 radical (unpaired) electrons. The minimum absolute atomic E-state index is 0.182. The van der Waals surface area contributed by atoms with E-state index >= 15 is 0 Å². The molecule has 18 heavy (non-hydrogen) atoms. The highest BCUT2D eigenvalue weighted by molar-refractivity contribution is 6.30. The second-order valence-corrected chi connectivity index (χ2v) is 4.46. The molecule has 0 saturated carbocycles. The topological polar surface area (TPSA) is 61.4 Å². The fraction of sp³-hybridized carbons (Fsp3) is 0.462. The van der Waals surface area contributed by atoms with Crippen molar-refractivity contribution in [3.8, 4) is 0 Å². The maximum Gasteiger partial charge on any atom is 0.315 e. The predicted octanol–water partition coefficient (Wildman–Crippen LogP) is 2.30. The van der Waals surface area contributed by atoms with Gasteiger partial charge in [0.25, 0.3) is 0 Å². The van der Waals surface area contributed by atoms with E-state index in [-0.39, 0.29) is 12.6 Å². The number of hydrogen-bond acceptors (Lipinski definition) is 2. The summed E-state index contributed by atoms with van der Waals surface area (Å²) in [6.45, 7) is 1.30. The molecule has 0 unspecified atom stereocenters. The lowest BCUT2D eigenvalue weighted by atomic mass is 10.2. The zero-order chi connectivity index (χ0) is 13.2. The Morgan fingerprint density at radius 3 is 2.78 bits per heavy atom. The van der Waals surface area contributed by atoms with Crippen molar-refractivity contribution in [3.63, 3.8) is 0 Å². The number of urea groups is 1. The Hall–Kier alpha value is -1.26. The third-order valence-electron chi connectivity index (χ3n) is 2.46. The van der Waals surface area contributed by atoms with E-state index in [2.05, 4.69) is 10.6 Å². The molecule has 0 saturated heterocycles. The number of nitrogens with one attached hydrogen (secondary N) is 2. The average Bonchev–Trinajstić information content (AvgIpc) is 2.36. The molecule has 0 heterocycles. The van der Waals surface area contributed by atoms with E-state index in [0.29, 0.717) is 18.1 Å². The van der Waals surface area contributed by atoms with Crippen molar-refractivity contribution in [2.75, 3.05) is 13.2 Å². The number of aliphatic hydroxyl groups excluding tert-OH is 1. The lowest BCUT2D eigenvalue weighted by Crippen LogP contribution is -2.35. The Morgan fingerprint density at radius 2 is 2.06 bits per heavy atom. The number of unbranched alkanes of at least 4 members (excludes halogenated alkanes) is 2. The van der Waals surface area contributed by atoms with Gasteiger partial charge < -0.3 is 15.7 Å². The van der Waals surface area contributed by atoms with Gasteiger partial charge in [-0.1, -0.05) is 23.7 Å². The highest BCUT2D eigenvalue weighted by Gasteiger charge is 2.00. The largest absolute Gasteiger partial charge is 0.396 e. The minimum Gasteiger partial charge on any atom is -0.396 e. The van der Waals surface area contributed by atoms with Crippen LogP contribution in [0.15, 0.2) is 24.3 Å². The summed E-state index contributed by atoms with van der Waals surface area (Å²) in [5, 5.41) is 14.8. The second-order valence-electron chi connectivity index (χ2n) is 4.02. The number of halogens is 1. The highest BCUT2D eigenvalue weighted by Crippen LogP contribution is 2.10. The van der Waals surface area contributed by atoms with Crippen LogP contribution in [0.4, 0.5) is 4.79 Å². The molecule has 0 aliphatic heterocycles. The van der Waals surface area contributed by atoms with Gasteiger partial charge in [-0.2, -0.15) is 0 Å². The summed E-state index contributed by atoms with van der Waals surface area (Å²) >= 11 is 5.84. The van der Waals surface area contributed by atoms with E-state index in [4.69, 9.17) is 16.7 Å². The van der Waals surface area contributed by atoms with Gasteiger partial charge in [-0.05, 0) is 37.0 Å². The standard InChI is InChI=1S/C13H19ClN2O2/c14-12-6-4-5-11(9-12)10-16-13(18)15-7-2-1-3-8-17/h4-6,9,17H,1-3,7-8,10H2,(H2,15,16,18). The molecule has 3 N–H and O–H groups in total. The normalized spacial score (nSPS) is 10.1. The number of amides is 2. The zero-order valence-corrected chi connectivity index (χ0v) is 11.0. The summed E-state index contributed by atoms with van der Waals surface area (Å²) in [7, 11) is 0. The van der Waals surface area contributed by atoms with E-state index in [0.717, 1.165) is 24.8 Å². The van der Waals surface area contributed by atoms with Crippen molar-refractivity contribution >= 4 is 17.6 Å². The van der Waals surface area contributed by atoms with Gasteiger partial charge in [-0.3, -0.25) is 0 Å². The van der Waals surface area contributed by atoms with Gasteiger partial charge in [-0.15, -0.1) is 0 Å². The zero-order valence-electron chi connectivity index (χ0n) is 10.3. The molecule has 4 nitrogen and oxygen atoms in total. The summed E-state index contributed by atoms with van der Waals surface area (Å²) < 4.78 is 0. The second kappa shape index (κ2) is 8.78. The molecule has 100 valence electrons. The number of benzene rings is 1. The Kier molecular flexibility index (Phi) is 7.22. The van der Waals surface area contributed by atoms with Gasteiger partial charge >= 0.3 is 6.03 Å². The maximum atomic E-state index is 11.4. The minimum atomic E-state index is -0.182. The monoisotopic (exact) mass is 270 g/mol. The molecule has 0 bridgehead atoms. The van der Waals surface area contributed by atoms with E-state index in [1.165, 1.54) is 0 Å². The third-order valence-corrected chi connectivity index (χ3v) is 2.70. The molecule has 1 aromatic rings. The molecule has 0 atom stereocenters. The molecule has 2 amide bonds.